The van der Waals surface area contributed by atoms with E-state index in [0.717, 1.165) is 0 Å². The van der Waals surface area contributed by atoms with Crippen molar-refractivity contribution in [3.63, 3.8) is 0 Å². The van der Waals surface area contributed by atoms with Crippen LogP contribution in [0.5, 0.6) is 0 Å². The van der Waals surface area contributed by atoms with E-state index >= 15 is 0 Å². The summed E-state index contributed by atoms with van der Waals surface area (Å²) < 4.78 is 0. The zero-order valence-electron chi connectivity index (χ0n) is 14.5. The van der Waals surface area contributed by atoms with Crippen molar-refractivity contribution in [1.82, 2.24) is 10.2 Å². The minimum atomic E-state index is -1.38. The van der Waals surface area contributed by atoms with Crippen molar-refractivity contribution in [3.05, 3.63) is 0 Å². The molecule has 25 heavy (non-hydrogen) atoms. The molecular formula is C15H28BN3O6. The van der Waals surface area contributed by atoms with Crippen molar-refractivity contribution >= 4 is 19.0 Å². The number of nitrogens with zero attached hydrogens (tertiary/aromatic N) is 1. The number of hydrogen-bond donors (Lipinski definition) is 6. The number of unbranched alkanes of at least 4 members (excludes halogenated alkanes) is 1. The molecule has 2 aliphatic heterocycles. The van der Waals surface area contributed by atoms with Crippen LogP contribution < -0.4 is 11.1 Å². The summed E-state index contributed by atoms with van der Waals surface area (Å²) in [6.07, 6.45) is 1.22. The molecule has 1 amide bonds. The van der Waals surface area contributed by atoms with Gasteiger partial charge in [0.25, 0.3) is 0 Å². The van der Waals surface area contributed by atoms with Crippen LogP contribution in [0.15, 0.2) is 0 Å². The normalized spacial score (nSPS) is 30.8. The summed E-state index contributed by atoms with van der Waals surface area (Å²) in [6, 6.07) is -1.26. The number of nitrogens with one attached hydrogen (secondary N) is 1. The molecule has 0 radical (unpaired) electrons. The molecule has 9 nitrogen and oxygen atoms in total. The molecule has 0 aromatic carbocycles. The topological polar surface area (TPSA) is 156 Å². The third-order valence-electron chi connectivity index (χ3n) is 5.56. The van der Waals surface area contributed by atoms with E-state index in [9.17, 15) is 19.8 Å². The van der Waals surface area contributed by atoms with E-state index in [4.69, 9.17) is 15.8 Å². The first-order valence-electron chi connectivity index (χ1n) is 8.79. The minimum absolute atomic E-state index is 0.206. The summed E-state index contributed by atoms with van der Waals surface area (Å²) in [7, 11) is -1.38. The molecule has 2 fully saturated rings. The van der Waals surface area contributed by atoms with Crippen LogP contribution in [-0.2, 0) is 9.59 Å². The minimum Gasteiger partial charge on any atom is -0.480 e. The molecule has 7 N–H and O–H groups in total. The maximum absolute atomic E-state index is 12.5. The number of fused-ring (bicyclic) bond motifs is 1. The molecule has 0 aliphatic carbocycles. The van der Waals surface area contributed by atoms with Gasteiger partial charge in [0.1, 0.15) is 11.6 Å². The van der Waals surface area contributed by atoms with E-state index in [1.54, 1.807) is 4.90 Å². The zero-order chi connectivity index (χ0) is 18.8. The van der Waals surface area contributed by atoms with Gasteiger partial charge in [-0.1, -0.05) is 12.8 Å². The third-order valence-corrected chi connectivity index (χ3v) is 5.56. The molecular weight excluding hydrogens is 329 g/mol. The van der Waals surface area contributed by atoms with Gasteiger partial charge in [0.15, 0.2) is 0 Å². The summed E-state index contributed by atoms with van der Waals surface area (Å²) in [5, 5.41) is 40.3. The van der Waals surface area contributed by atoms with Crippen LogP contribution in [0.1, 0.15) is 32.6 Å². The van der Waals surface area contributed by atoms with E-state index in [-0.39, 0.29) is 24.2 Å². The Morgan fingerprint density at radius 1 is 1.40 bits per heavy atom. The van der Waals surface area contributed by atoms with Gasteiger partial charge in [0, 0.05) is 25.0 Å². The smallest absolute Gasteiger partial charge is 0.451 e. The Kier molecular flexibility index (Phi) is 6.44. The van der Waals surface area contributed by atoms with E-state index in [0.29, 0.717) is 38.8 Å². The van der Waals surface area contributed by atoms with Crippen LogP contribution >= 0.6 is 0 Å². The van der Waals surface area contributed by atoms with E-state index in [2.05, 4.69) is 5.32 Å². The predicted octanol–water partition coefficient (Wildman–Crippen LogP) is -2.02. The molecule has 2 saturated heterocycles. The Morgan fingerprint density at radius 2 is 2.08 bits per heavy atom. The molecule has 0 aromatic rings. The third kappa shape index (κ3) is 3.98. The molecule has 0 aromatic heterocycles. The van der Waals surface area contributed by atoms with Crippen molar-refractivity contribution in [1.29, 1.82) is 0 Å². The van der Waals surface area contributed by atoms with Gasteiger partial charge in [-0.25, -0.2) is 0 Å². The Morgan fingerprint density at radius 3 is 2.64 bits per heavy atom. The number of carboxylic acids is 1. The van der Waals surface area contributed by atoms with Crippen LogP contribution in [0.4, 0.5) is 0 Å². The highest BCUT2D eigenvalue weighted by Crippen LogP contribution is 2.41. The Bertz CT molecular complexity index is 506. The SMILES string of the molecule is C[C@H](O)C(N)C(=O)N1CC[C@H]2[C@@H]1CN[C@@]2(CCCCB(O)O)C(=O)O. The number of amides is 1. The Labute approximate surface area is 147 Å². The molecule has 142 valence electrons. The van der Waals surface area contributed by atoms with Crippen molar-refractivity contribution in [3.8, 4) is 0 Å². The van der Waals surface area contributed by atoms with Gasteiger partial charge in [-0.15, -0.1) is 0 Å². The highest BCUT2D eigenvalue weighted by Gasteiger charge is 2.58. The fourth-order valence-corrected chi connectivity index (χ4v) is 4.12. The number of rotatable bonds is 8. The fourth-order valence-electron chi connectivity index (χ4n) is 4.12. The highest BCUT2D eigenvalue weighted by atomic mass is 16.4. The molecule has 2 aliphatic rings. The van der Waals surface area contributed by atoms with Crippen LogP contribution in [0.3, 0.4) is 0 Å². The quantitative estimate of drug-likeness (QED) is 0.215. The number of carbonyl (C=O) groups is 2. The summed E-state index contributed by atoms with van der Waals surface area (Å²) in [5.74, 6) is -1.53. The molecule has 0 spiro atoms. The lowest BCUT2D eigenvalue weighted by Crippen LogP contribution is -2.52. The average molecular weight is 357 g/mol. The summed E-state index contributed by atoms with van der Waals surface area (Å²) in [6.45, 7) is 2.26. The standard InChI is InChI=1S/C15H28BN3O6/c1-9(20)12(17)13(21)19-7-4-10-11(19)8-18-15(10,14(22)23)5-2-3-6-16(24)25/h9-12,18,20,24-25H,2-8,17H2,1H3,(H,22,23)/t9-,10-,11-,12?,15+/m0/s1. The Balaban J connectivity index is 2.06. The van der Waals surface area contributed by atoms with E-state index in [1.165, 1.54) is 6.92 Å². The van der Waals surface area contributed by atoms with Gasteiger partial charge in [-0.05, 0) is 26.1 Å². The lowest BCUT2D eigenvalue weighted by Gasteiger charge is -2.31. The van der Waals surface area contributed by atoms with Gasteiger partial charge < -0.3 is 30.9 Å². The van der Waals surface area contributed by atoms with Gasteiger partial charge in [-0.3, -0.25) is 14.9 Å². The maximum Gasteiger partial charge on any atom is 0.451 e. The van der Waals surface area contributed by atoms with Gasteiger partial charge >= 0.3 is 13.1 Å². The molecule has 2 rings (SSSR count). The average Bonchev–Trinajstić information content (AvgIpc) is 3.11. The summed E-state index contributed by atoms with van der Waals surface area (Å²) in [4.78, 5) is 26.0. The van der Waals surface area contributed by atoms with E-state index < -0.39 is 30.8 Å². The molecule has 10 heteroatoms. The number of aliphatic hydroxyl groups excluding tert-OH is 1. The number of carboxylic acid groups (broad SMARTS) is 1. The first-order chi connectivity index (χ1) is 11.7. The Hall–Kier alpha value is -1.20. The van der Waals surface area contributed by atoms with Crippen molar-refractivity contribution in [2.45, 2.75) is 62.7 Å². The van der Waals surface area contributed by atoms with Gasteiger partial charge in [0.05, 0.1) is 6.10 Å². The largest absolute Gasteiger partial charge is 0.480 e. The predicted molar refractivity (Wildman–Crippen MR) is 90.5 cm³/mol. The second kappa shape index (κ2) is 8.00. The lowest BCUT2D eigenvalue weighted by molar-refractivity contribution is -0.147. The van der Waals surface area contributed by atoms with Gasteiger partial charge in [-0.2, -0.15) is 0 Å². The number of carbonyl (C=O) groups excluding carboxylic acids is 1. The molecule has 0 saturated carbocycles. The van der Waals surface area contributed by atoms with Crippen LogP contribution in [0.25, 0.3) is 0 Å². The monoisotopic (exact) mass is 357 g/mol. The molecule has 0 bridgehead atoms. The van der Waals surface area contributed by atoms with E-state index in [1.807, 2.05) is 0 Å². The number of aliphatic carboxylic acids is 1. The van der Waals surface area contributed by atoms with Crippen LogP contribution in [0, 0.1) is 5.92 Å². The van der Waals surface area contributed by atoms with Crippen LogP contribution in [0.2, 0.25) is 6.32 Å². The number of likely N-dealkylation sites (tertiary alicyclic amines) is 1. The van der Waals surface area contributed by atoms with Gasteiger partial charge in [0.2, 0.25) is 5.91 Å². The fraction of sp³-hybridized carbons (Fsp3) is 0.867. The first-order valence-corrected chi connectivity index (χ1v) is 8.79. The van der Waals surface area contributed by atoms with Crippen molar-refractivity contribution in [2.75, 3.05) is 13.1 Å². The summed E-state index contributed by atoms with van der Waals surface area (Å²) >= 11 is 0. The number of hydrogen-bond acceptors (Lipinski definition) is 7. The number of nitrogens with two attached hydrogens (primary N) is 1. The first kappa shape index (κ1) is 20.1. The van der Waals surface area contributed by atoms with Crippen molar-refractivity contribution < 1.29 is 29.9 Å². The second-order valence-corrected chi connectivity index (χ2v) is 7.14. The molecule has 5 atom stereocenters. The lowest BCUT2D eigenvalue weighted by atomic mass is 9.77. The number of aliphatic hydroxyl groups is 1. The second-order valence-electron chi connectivity index (χ2n) is 7.14. The highest BCUT2D eigenvalue weighted by molar-refractivity contribution is 6.40. The maximum atomic E-state index is 12.5. The molecule has 2 heterocycles. The molecule has 1 unspecified atom stereocenters. The zero-order valence-corrected chi connectivity index (χ0v) is 14.5. The van der Waals surface area contributed by atoms with Crippen LogP contribution in [-0.4, -0.2) is 81.0 Å². The summed E-state index contributed by atoms with van der Waals surface area (Å²) in [5.41, 5.74) is 4.64. The van der Waals surface area contributed by atoms with Crippen molar-refractivity contribution in [2.24, 2.45) is 11.7 Å².